The Morgan fingerprint density at radius 1 is 1.67 bits per heavy atom. The molecule has 0 amide bonds. The third-order valence-electron chi connectivity index (χ3n) is 1.41. The molecule has 2 nitrogen and oxygen atoms in total. The monoisotopic (exact) mass is 180 g/mol. The number of nitrogen functional groups attached to an aromatic ring is 1. The first kappa shape index (κ1) is 8.89. The summed E-state index contributed by atoms with van der Waals surface area (Å²) in [6, 6.07) is 2.93. The fourth-order valence-corrected chi connectivity index (χ4v) is 0.935. The maximum Gasteiger partial charge on any atom is 0.141 e. The Labute approximate surface area is 75.1 Å². The molecule has 0 aliphatic carbocycles. The zero-order valence-electron chi connectivity index (χ0n) is 5.94. The van der Waals surface area contributed by atoms with E-state index in [0.717, 1.165) is 0 Å². The van der Waals surface area contributed by atoms with Crippen LogP contribution in [0.5, 0.6) is 0 Å². The lowest BCUT2D eigenvalue weighted by Crippen LogP contribution is -2.14. The normalized spacial score (nSPS) is 9.42. The van der Waals surface area contributed by atoms with Crippen molar-refractivity contribution in [3.05, 3.63) is 22.5 Å². The lowest BCUT2D eigenvalue weighted by Gasteiger charge is -2.04. The summed E-state index contributed by atoms with van der Waals surface area (Å²) >= 11 is 5.50. The molecule has 0 fully saturated rings. The highest BCUT2D eigenvalue weighted by atomic mass is 35.5. The fourth-order valence-electron chi connectivity index (χ4n) is 0.743. The van der Waals surface area contributed by atoms with Crippen LogP contribution in [-0.2, 0) is 0 Å². The Morgan fingerprint density at radius 2 is 2.25 bits per heavy atom. The van der Waals surface area contributed by atoms with Crippen molar-refractivity contribution in [2.24, 2.45) is 0 Å². The molecular weight excluding hydrogens is 177 g/mol. The van der Waals surface area contributed by atoms with Crippen LogP contribution in [0, 0.1) is 17.1 Å². The van der Waals surface area contributed by atoms with E-state index in [1.54, 1.807) is 6.07 Å². The third kappa shape index (κ3) is 1.24. The van der Waals surface area contributed by atoms with Gasteiger partial charge in [0.2, 0.25) is 0 Å². The number of anilines is 1. The molecule has 1 rings (SSSR count). The fraction of sp³-hybridized carbons (Fsp3) is 0. The van der Waals surface area contributed by atoms with Gasteiger partial charge in [-0.05, 0) is 11.5 Å². The summed E-state index contributed by atoms with van der Waals surface area (Å²) in [5.74, 6) is -0.834. The number of nitrogens with zero attached hydrogens (tertiary/aromatic N) is 1. The van der Waals surface area contributed by atoms with Crippen LogP contribution in [0.4, 0.5) is 10.1 Å². The van der Waals surface area contributed by atoms with Crippen LogP contribution in [0.25, 0.3) is 0 Å². The Morgan fingerprint density at radius 3 is 2.75 bits per heavy atom. The molecule has 0 saturated carbocycles. The topological polar surface area (TPSA) is 49.8 Å². The lowest BCUT2D eigenvalue weighted by atomic mass is 9.93. The molecule has 1 aromatic carbocycles. The molecule has 0 bridgehead atoms. The van der Waals surface area contributed by atoms with Gasteiger partial charge in [0.1, 0.15) is 19.7 Å². The van der Waals surface area contributed by atoms with E-state index in [1.165, 1.54) is 6.07 Å². The van der Waals surface area contributed by atoms with E-state index >= 15 is 0 Å². The van der Waals surface area contributed by atoms with Crippen molar-refractivity contribution in [1.29, 1.82) is 5.26 Å². The predicted octanol–water partition coefficient (Wildman–Crippen LogP) is 0.727. The molecule has 0 unspecified atom stereocenters. The number of rotatable bonds is 0. The number of hydrogen-bond donors (Lipinski definition) is 1. The third-order valence-corrected chi connectivity index (χ3v) is 1.72. The molecule has 1 aromatic rings. The molecule has 0 heterocycles. The van der Waals surface area contributed by atoms with Gasteiger partial charge in [0.25, 0.3) is 0 Å². The average Bonchev–Trinajstić information content (AvgIpc) is 2.08. The largest absolute Gasteiger partial charge is 0.395 e. The quantitative estimate of drug-likeness (QED) is 0.472. The minimum Gasteiger partial charge on any atom is -0.395 e. The van der Waals surface area contributed by atoms with Gasteiger partial charge in [-0.3, -0.25) is 0 Å². The summed E-state index contributed by atoms with van der Waals surface area (Å²) in [5, 5.41) is 8.46. The second-order valence-electron chi connectivity index (χ2n) is 2.16. The van der Waals surface area contributed by atoms with Crippen LogP contribution in [0.3, 0.4) is 0 Å². The molecule has 12 heavy (non-hydrogen) atoms. The van der Waals surface area contributed by atoms with Crippen molar-refractivity contribution in [2.45, 2.75) is 0 Å². The minimum absolute atomic E-state index is 0.00162. The summed E-state index contributed by atoms with van der Waals surface area (Å²) in [7, 11) is 5.21. The summed E-state index contributed by atoms with van der Waals surface area (Å²) in [6.07, 6.45) is 0. The number of nitriles is 1. The van der Waals surface area contributed by atoms with Crippen LogP contribution < -0.4 is 11.2 Å². The number of halogens is 2. The Bertz CT molecular complexity index is 373. The number of nitrogens with two attached hydrogens (primary N) is 1. The van der Waals surface area contributed by atoms with Crippen molar-refractivity contribution < 1.29 is 4.39 Å². The maximum atomic E-state index is 13.0. The van der Waals surface area contributed by atoms with E-state index in [-0.39, 0.29) is 21.7 Å². The molecular formula is C7H3BClFN2. The van der Waals surface area contributed by atoms with Gasteiger partial charge in [-0.1, -0.05) is 11.6 Å². The van der Waals surface area contributed by atoms with Gasteiger partial charge < -0.3 is 5.73 Å². The van der Waals surface area contributed by atoms with Gasteiger partial charge in [0.15, 0.2) is 0 Å². The van der Waals surface area contributed by atoms with Crippen LogP contribution >= 0.6 is 11.6 Å². The Balaban J connectivity index is 3.52. The van der Waals surface area contributed by atoms with Gasteiger partial charge in [0, 0.05) is 5.02 Å². The van der Waals surface area contributed by atoms with Crippen LogP contribution in [-0.4, -0.2) is 7.85 Å². The summed E-state index contributed by atoms with van der Waals surface area (Å²) in [4.78, 5) is 0. The van der Waals surface area contributed by atoms with Crippen molar-refractivity contribution >= 4 is 30.6 Å². The number of benzene rings is 1. The summed E-state index contributed by atoms with van der Waals surface area (Å²) < 4.78 is 13.0. The summed E-state index contributed by atoms with van der Waals surface area (Å²) in [6.45, 7) is 0. The molecule has 0 atom stereocenters. The molecule has 58 valence electrons. The van der Waals surface area contributed by atoms with E-state index in [4.69, 9.17) is 30.4 Å². The molecule has 0 saturated heterocycles. The number of hydrogen-bond acceptors (Lipinski definition) is 2. The van der Waals surface area contributed by atoms with E-state index < -0.39 is 5.82 Å². The van der Waals surface area contributed by atoms with Crippen molar-refractivity contribution in [3.8, 4) is 6.07 Å². The SMILES string of the molecule is [B]c1c(Cl)cc(C#N)c(N)c1F. The second-order valence-corrected chi connectivity index (χ2v) is 2.57. The average molecular weight is 180 g/mol. The minimum atomic E-state index is -0.834. The smallest absolute Gasteiger partial charge is 0.141 e. The van der Waals surface area contributed by atoms with E-state index in [9.17, 15) is 4.39 Å². The predicted molar refractivity (Wildman–Crippen MR) is 45.9 cm³/mol. The van der Waals surface area contributed by atoms with E-state index in [0.29, 0.717) is 0 Å². The second kappa shape index (κ2) is 3.04. The van der Waals surface area contributed by atoms with Gasteiger partial charge in [0.05, 0.1) is 11.3 Å². The van der Waals surface area contributed by atoms with Crippen LogP contribution in [0.1, 0.15) is 5.56 Å². The van der Waals surface area contributed by atoms with Gasteiger partial charge in [-0.2, -0.15) is 5.26 Å². The molecule has 2 radical (unpaired) electrons. The lowest BCUT2D eigenvalue weighted by molar-refractivity contribution is 0.640. The van der Waals surface area contributed by atoms with Gasteiger partial charge >= 0.3 is 0 Å². The van der Waals surface area contributed by atoms with Gasteiger partial charge in [-0.15, -0.1) is 0 Å². The van der Waals surface area contributed by atoms with Gasteiger partial charge in [-0.25, -0.2) is 4.39 Å². The first-order valence-corrected chi connectivity index (χ1v) is 3.38. The molecule has 0 aliphatic rings. The molecule has 5 heteroatoms. The first-order valence-electron chi connectivity index (χ1n) is 3.01. The Kier molecular flexibility index (Phi) is 2.25. The molecule has 2 N–H and O–H groups in total. The standard InChI is InChI=1S/C7H3BClFN2/c8-5-4(9)1-3(2-11)7(12)6(5)10/h1H,12H2. The molecule has 0 aromatic heterocycles. The molecule has 0 aliphatic heterocycles. The first-order chi connectivity index (χ1) is 5.57. The highest BCUT2D eigenvalue weighted by Crippen LogP contribution is 2.18. The van der Waals surface area contributed by atoms with Crippen molar-refractivity contribution in [2.75, 3.05) is 5.73 Å². The zero-order valence-corrected chi connectivity index (χ0v) is 6.69. The highest BCUT2D eigenvalue weighted by molar-refractivity contribution is 6.45. The zero-order chi connectivity index (χ0) is 9.30. The molecule has 0 spiro atoms. The maximum absolute atomic E-state index is 13.0. The highest BCUT2D eigenvalue weighted by Gasteiger charge is 2.10. The van der Waals surface area contributed by atoms with E-state index in [2.05, 4.69) is 0 Å². The van der Waals surface area contributed by atoms with E-state index in [1.807, 2.05) is 0 Å². The van der Waals surface area contributed by atoms with Crippen molar-refractivity contribution in [3.63, 3.8) is 0 Å². The van der Waals surface area contributed by atoms with Crippen LogP contribution in [0.2, 0.25) is 5.02 Å². The van der Waals surface area contributed by atoms with Crippen molar-refractivity contribution in [1.82, 2.24) is 0 Å². The summed E-state index contributed by atoms with van der Waals surface area (Å²) in [5.41, 5.74) is 4.73. The Hall–Kier alpha value is -1.21. The van der Waals surface area contributed by atoms with Crippen LogP contribution in [0.15, 0.2) is 6.07 Å².